The third-order valence-electron chi connectivity index (χ3n) is 5.21. The van der Waals surface area contributed by atoms with Gasteiger partial charge in [0, 0.05) is 12.6 Å². The lowest BCUT2D eigenvalue weighted by Crippen LogP contribution is -2.71. The summed E-state index contributed by atoms with van der Waals surface area (Å²) in [6.45, 7) is 2.89. The predicted molar refractivity (Wildman–Crippen MR) is 69.5 cm³/mol. The molecule has 0 aromatic heterocycles. The Labute approximate surface area is 109 Å². The van der Waals surface area contributed by atoms with Crippen molar-refractivity contribution in [2.75, 3.05) is 19.6 Å². The molecule has 0 amide bonds. The summed E-state index contributed by atoms with van der Waals surface area (Å²) in [5, 5.41) is 13.3. The highest BCUT2D eigenvalue weighted by Gasteiger charge is 2.52. The lowest BCUT2D eigenvalue weighted by Gasteiger charge is -2.52. The zero-order valence-electron chi connectivity index (χ0n) is 11.0. The molecule has 1 aliphatic carbocycles. The van der Waals surface area contributed by atoms with Gasteiger partial charge in [-0.25, -0.2) is 0 Å². The van der Waals surface area contributed by atoms with Crippen molar-refractivity contribution in [2.24, 2.45) is 5.92 Å². The molecular formula is C14H24N2O2. The Kier molecular flexibility index (Phi) is 3.32. The van der Waals surface area contributed by atoms with Gasteiger partial charge < -0.3 is 10.0 Å². The zero-order chi connectivity index (χ0) is 12.6. The molecule has 0 aromatic carbocycles. The number of aliphatic carboxylic acids is 1. The van der Waals surface area contributed by atoms with Crippen molar-refractivity contribution in [3.63, 3.8) is 0 Å². The summed E-state index contributed by atoms with van der Waals surface area (Å²) >= 11 is 0. The highest BCUT2D eigenvalue weighted by molar-refractivity contribution is 5.80. The number of carboxylic acid groups (broad SMARTS) is 1. The van der Waals surface area contributed by atoms with Crippen LogP contribution in [0.3, 0.4) is 0 Å². The van der Waals surface area contributed by atoms with E-state index in [0.717, 1.165) is 38.8 Å². The largest absolute Gasteiger partial charge is 0.480 e. The monoisotopic (exact) mass is 252 g/mol. The van der Waals surface area contributed by atoms with Crippen molar-refractivity contribution in [1.29, 1.82) is 0 Å². The second-order valence-corrected chi connectivity index (χ2v) is 6.31. The minimum Gasteiger partial charge on any atom is -0.480 e. The van der Waals surface area contributed by atoms with Gasteiger partial charge >= 0.3 is 5.97 Å². The molecule has 3 saturated heterocycles. The van der Waals surface area contributed by atoms with Crippen LogP contribution in [-0.4, -0.2) is 47.2 Å². The molecule has 2 N–H and O–H groups in total. The maximum absolute atomic E-state index is 11.9. The fourth-order valence-corrected chi connectivity index (χ4v) is 4.14. The summed E-state index contributed by atoms with van der Waals surface area (Å²) in [7, 11) is 0. The molecular weight excluding hydrogens is 228 g/mol. The number of fused-ring (bicyclic) bond motifs is 3. The van der Waals surface area contributed by atoms with E-state index in [-0.39, 0.29) is 0 Å². The average Bonchev–Trinajstić information content (AvgIpc) is 2.41. The van der Waals surface area contributed by atoms with E-state index in [1.165, 1.54) is 19.3 Å². The Morgan fingerprint density at radius 1 is 1.11 bits per heavy atom. The highest BCUT2D eigenvalue weighted by Crippen LogP contribution is 2.37. The van der Waals surface area contributed by atoms with Crippen molar-refractivity contribution in [2.45, 2.75) is 56.5 Å². The molecule has 1 saturated carbocycles. The van der Waals surface area contributed by atoms with Gasteiger partial charge in [0.2, 0.25) is 0 Å². The fraction of sp³-hybridized carbons (Fsp3) is 0.929. The van der Waals surface area contributed by atoms with Crippen LogP contribution >= 0.6 is 0 Å². The van der Waals surface area contributed by atoms with Crippen molar-refractivity contribution >= 4 is 5.97 Å². The summed E-state index contributed by atoms with van der Waals surface area (Å²) in [5.41, 5.74) is -0.654. The smallest absolute Gasteiger partial charge is 0.325 e. The third kappa shape index (κ3) is 2.05. The first-order valence-corrected chi connectivity index (χ1v) is 7.44. The summed E-state index contributed by atoms with van der Waals surface area (Å²) in [6, 6.07) is 0.426. The lowest BCUT2D eigenvalue weighted by molar-refractivity contribution is -0.155. The zero-order valence-corrected chi connectivity index (χ0v) is 11.0. The lowest BCUT2D eigenvalue weighted by atomic mass is 9.72. The number of carboxylic acids is 1. The van der Waals surface area contributed by atoms with Crippen LogP contribution in [0.2, 0.25) is 0 Å². The first kappa shape index (κ1) is 12.4. The van der Waals surface area contributed by atoms with Crippen LogP contribution < -0.4 is 5.32 Å². The Bertz CT molecular complexity index is 320. The van der Waals surface area contributed by atoms with Gasteiger partial charge in [0.15, 0.2) is 0 Å². The van der Waals surface area contributed by atoms with Crippen LogP contribution in [0.4, 0.5) is 0 Å². The Balaban J connectivity index is 1.76. The van der Waals surface area contributed by atoms with Gasteiger partial charge in [-0.15, -0.1) is 0 Å². The molecule has 1 unspecified atom stereocenters. The molecule has 0 aromatic rings. The first-order valence-electron chi connectivity index (χ1n) is 7.44. The van der Waals surface area contributed by atoms with E-state index in [1.54, 1.807) is 0 Å². The van der Waals surface area contributed by atoms with Gasteiger partial charge in [-0.2, -0.15) is 0 Å². The van der Waals surface area contributed by atoms with E-state index in [9.17, 15) is 9.90 Å². The predicted octanol–water partition coefficient (Wildman–Crippen LogP) is 1.46. The van der Waals surface area contributed by atoms with Crippen LogP contribution in [-0.2, 0) is 4.79 Å². The van der Waals surface area contributed by atoms with Crippen molar-refractivity contribution < 1.29 is 9.90 Å². The fourth-order valence-electron chi connectivity index (χ4n) is 4.14. The number of hydrogen-bond donors (Lipinski definition) is 2. The van der Waals surface area contributed by atoms with Crippen molar-refractivity contribution in [1.82, 2.24) is 10.2 Å². The Morgan fingerprint density at radius 2 is 1.78 bits per heavy atom. The van der Waals surface area contributed by atoms with Crippen molar-refractivity contribution in [3.8, 4) is 0 Å². The normalized spacial score (nSPS) is 40.9. The molecule has 0 spiro atoms. The maximum atomic E-state index is 11.9. The number of rotatable bonds is 3. The number of nitrogens with zero attached hydrogens (tertiary/aromatic N) is 1. The van der Waals surface area contributed by atoms with Gasteiger partial charge in [-0.1, -0.05) is 19.3 Å². The standard InChI is InChI=1S/C14H24N2O2/c17-13(18)14(15-12-4-2-1-3-5-12)10-16-8-6-11(14)7-9-16/h11-12,15H,1-10H2,(H,17,18). The molecule has 4 nitrogen and oxygen atoms in total. The van der Waals surface area contributed by atoms with Gasteiger partial charge in [0.1, 0.15) is 5.54 Å². The van der Waals surface area contributed by atoms with Crippen LogP contribution in [0, 0.1) is 5.92 Å². The van der Waals surface area contributed by atoms with Crippen molar-refractivity contribution in [3.05, 3.63) is 0 Å². The minimum atomic E-state index is -0.654. The summed E-state index contributed by atoms with van der Waals surface area (Å²) in [6.07, 6.45) is 8.22. The average molecular weight is 252 g/mol. The van der Waals surface area contributed by atoms with E-state index in [1.807, 2.05) is 0 Å². The van der Waals surface area contributed by atoms with Gasteiger partial charge in [0.05, 0.1) is 0 Å². The van der Waals surface area contributed by atoms with E-state index in [4.69, 9.17) is 0 Å². The maximum Gasteiger partial charge on any atom is 0.325 e. The first-order chi connectivity index (χ1) is 8.71. The summed E-state index contributed by atoms with van der Waals surface area (Å²) in [5.74, 6) is -0.288. The molecule has 4 fully saturated rings. The topological polar surface area (TPSA) is 52.6 Å². The van der Waals surface area contributed by atoms with E-state index in [0.29, 0.717) is 18.5 Å². The number of piperidine rings is 3. The van der Waals surface area contributed by atoms with Gasteiger partial charge in [0.25, 0.3) is 0 Å². The number of hydrogen-bond acceptors (Lipinski definition) is 3. The second-order valence-electron chi connectivity index (χ2n) is 6.31. The summed E-state index contributed by atoms with van der Waals surface area (Å²) in [4.78, 5) is 14.2. The third-order valence-corrected chi connectivity index (χ3v) is 5.21. The van der Waals surface area contributed by atoms with E-state index < -0.39 is 11.5 Å². The molecule has 0 radical (unpaired) electrons. The molecule has 18 heavy (non-hydrogen) atoms. The van der Waals surface area contributed by atoms with E-state index >= 15 is 0 Å². The molecule has 102 valence electrons. The van der Waals surface area contributed by atoms with Gasteiger partial charge in [-0.05, 0) is 44.7 Å². The SMILES string of the molecule is O=C(O)C1(NC2CCCCC2)CN2CCC1CC2. The molecule has 4 aliphatic rings. The second kappa shape index (κ2) is 4.82. The Hall–Kier alpha value is -0.610. The number of nitrogens with one attached hydrogen (secondary N) is 1. The molecule has 1 atom stereocenters. The molecule has 2 bridgehead atoms. The quantitative estimate of drug-likeness (QED) is 0.798. The van der Waals surface area contributed by atoms with Crippen LogP contribution in [0.5, 0.6) is 0 Å². The molecule has 4 rings (SSSR count). The highest BCUT2D eigenvalue weighted by atomic mass is 16.4. The van der Waals surface area contributed by atoms with E-state index in [2.05, 4.69) is 10.2 Å². The number of carbonyl (C=O) groups is 1. The molecule has 3 aliphatic heterocycles. The van der Waals surface area contributed by atoms with Gasteiger partial charge in [-0.3, -0.25) is 10.1 Å². The van der Waals surface area contributed by atoms with Crippen LogP contribution in [0.25, 0.3) is 0 Å². The Morgan fingerprint density at radius 3 is 2.28 bits per heavy atom. The molecule has 3 heterocycles. The summed E-state index contributed by atoms with van der Waals surface area (Å²) < 4.78 is 0. The van der Waals surface area contributed by atoms with Crippen LogP contribution in [0.15, 0.2) is 0 Å². The minimum absolute atomic E-state index is 0.335. The molecule has 4 heteroatoms. The van der Waals surface area contributed by atoms with Crippen LogP contribution in [0.1, 0.15) is 44.9 Å².